The van der Waals surface area contributed by atoms with Gasteiger partial charge in [0, 0.05) is 32.0 Å². The lowest BCUT2D eigenvalue weighted by Gasteiger charge is -2.31. The first kappa shape index (κ1) is 29.5. The van der Waals surface area contributed by atoms with Gasteiger partial charge in [0.2, 0.25) is 0 Å². The molecule has 5 rings (SSSR count). The van der Waals surface area contributed by atoms with E-state index in [-0.39, 0.29) is 17.8 Å². The molecule has 0 aromatic carbocycles. The minimum Gasteiger partial charge on any atom is -0.465 e. The molecule has 0 aromatic rings. The van der Waals surface area contributed by atoms with Gasteiger partial charge in [0.05, 0.1) is 19.8 Å². The van der Waals surface area contributed by atoms with Gasteiger partial charge in [-0.2, -0.15) is 0 Å². The summed E-state index contributed by atoms with van der Waals surface area (Å²) in [5, 5.41) is 13.1. The van der Waals surface area contributed by atoms with E-state index in [4.69, 9.17) is 14.2 Å². The lowest BCUT2D eigenvalue weighted by Crippen LogP contribution is -2.42. The summed E-state index contributed by atoms with van der Waals surface area (Å²) >= 11 is 0. The third-order valence-corrected chi connectivity index (χ3v) is 6.82. The number of piperidine rings is 4. The molecule has 2 unspecified atom stereocenters. The maximum absolute atomic E-state index is 11.1. The molecule has 5 heterocycles. The fourth-order valence-corrected chi connectivity index (χ4v) is 4.72. The molecule has 0 saturated carbocycles. The molecule has 2 atom stereocenters. The molecule has 8 nitrogen and oxygen atoms in total. The molecular formula is C26H52N4O4. The van der Waals surface area contributed by atoms with E-state index < -0.39 is 0 Å². The lowest BCUT2D eigenvalue weighted by molar-refractivity contribution is -0.172. The van der Waals surface area contributed by atoms with Gasteiger partial charge in [-0.3, -0.25) is 4.79 Å². The molecule has 34 heavy (non-hydrogen) atoms. The van der Waals surface area contributed by atoms with Crippen LogP contribution in [0.5, 0.6) is 0 Å². The van der Waals surface area contributed by atoms with Crippen molar-refractivity contribution in [1.29, 1.82) is 0 Å². The molecule has 1 spiro atoms. The van der Waals surface area contributed by atoms with Crippen molar-refractivity contribution in [2.24, 2.45) is 0 Å². The van der Waals surface area contributed by atoms with Gasteiger partial charge in [0.1, 0.15) is 6.04 Å². The lowest BCUT2D eigenvalue weighted by atomic mass is 10.1. The Labute approximate surface area is 208 Å². The predicted octanol–water partition coefficient (Wildman–Crippen LogP) is 2.71. The van der Waals surface area contributed by atoms with Crippen molar-refractivity contribution in [3.63, 3.8) is 0 Å². The monoisotopic (exact) mass is 484 g/mol. The van der Waals surface area contributed by atoms with Crippen molar-refractivity contribution < 1.29 is 19.0 Å². The Kier molecular flexibility index (Phi) is 16.0. The smallest absolute Gasteiger partial charge is 0.323 e. The Balaban J connectivity index is 0.000000165. The number of ether oxygens (including phenoxy) is 3. The van der Waals surface area contributed by atoms with Crippen LogP contribution in [-0.4, -0.2) is 82.9 Å². The molecule has 200 valence electrons. The zero-order valence-corrected chi connectivity index (χ0v) is 21.9. The zero-order valence-electron chi connectivity index (χ0n) is 21.9. The standard InChI is InChI=1S/C8H15NO2.C7H13NO2.C6H13N.C5H11N/c1-2-11-8(10)7-5-3-4-6-9-7;1-3-8-4-2-7(1)9-5-6-10-7;1-6-4-2-3-5-7-6;1-2-4-6-5-3-1/h7,9H,2-6H2,1H3;8H,1-6H2;6-7H,2-5H2,1H3;6H,1-5H2. The van der Waals surface area contributed by atoms with Gasteiger partial charge in [-0.15, -0.1) is 0 Å². The SMILES string of the molecule is C1CC2(CCN1)OCCO2.C1CCNCC1.CC1CCCCN1.CCOC(=O)C1CCCCN1. The number of hydrogen-bond acceptors (Lipinski definition) is 8. The van der Waals surface area contributed by atoms with Crippen LogP contribution in [0.4, 0.5) is 0 Å². The fourth-order valence-electron chi connectivity index (χ4n) is 4.72. The third-order valence-electron chi connectivity index (χ3n) is 6.82. The van der Waals surface area contributed by atoms with Crippen molar-refractivity contribution in [1.82, 2.24) is 21.3 Å². The molecule has 0 aliphatic carbocycles. The minimum atomic E-state index is -0.189. The highest BCUT2D eigenvalue weighted by atomic mass is 16.7. The summed E-state index contributed by atoms with van der Waals surface area (Å²) in [5.74, 6) is -0.280. The summed E-state index contributed by atoms with van der Waals surface area (Å²) in [7, 11) is 0. The molecule has 0 amide bonds. The molecule has 0 bridgehead atoms. The fraction of sp³-hybridized carbons (Fsp3) is 0.962. The minimum absolute atomic E-state index is 0.0382. The highest BCUT2D eigenvalue weighted by Crippen LogP contribution is 2.28. The Morgan fingerprint density at radius 1 is 0.794 bits per heavy atom. The van der Waals surface area contributed by atoms with Gasteiger partial charge < -0.3 is 35.5 Å². The second-order valence-corrected chi connectivity index (χ2v) is 9.77. The second-order valence-electron chi connectivity index (χ2n) is 9.77. The summed E-state index contributed by atoms with van der Waals surface area (Å²) < 4.78 is 15.9. The Morgan fingerprint density at radius 2 is 1.38 bits per heavy atom. The zero-order chi connectivity index (χ0) is 24.3. The largest absolute Gasteiger partial charge is 0.465 e. The van der Waals surface area contributed by atoms with Crippen LogP contribution >= 0.6 is 0 Å². The highest BCUT2D eigenvalue weighted by Gasteiger charge is 2.37. The average Bonchev–Trinajstić information content (AvgIpc) is 3.35. The molecule has 5 aliphatic heterocycles. The number of esters is 1. The van der Waals surface area contributed by atoms with Crippen LogP contribution in [0.2, 0.25) is 0 Å². The van der Waals surface area contributed by atoms with Gasteiger partial charge in [-0.05, 0) is 78.6 Å². The molecule has 0 radical (unpaired) electrons. The molecule has 0 aromatic heterocycles. The van der Waals surface area contributed by atoms with Crippen molar-refractivity contribution >= 4 is 5.97 Å². The molecule has 4 N–H and O–H groups in total. The van der Waals surface area contributed by atoms with Gasteiger partial charge in [-0.1, -0.05) is 19.3 Å². The normalized spacial score (nSPS) is 28.2. The van der Waals surface area contributed by atoms with Crippen LogP contribution < -0.4 is 21.3 Å². The number of carbonyl (C=O) groups excluding carboxylic acids is 1. The Morgan fingerprint density at radius 3 is 1.79 bits per heavy atom. The topological polar surface area (TPSA) is 92.9 Å². The number of carbonyl (C=O) groups is 1. The third kappa shape index (κ3) is 12.8. The van der Waals surface area contributed by atoms with E-state index in [9.17, 15) is 4.79 Å². The van der Waals surface area contributed by atoms with E-state index in [1.54, 1.807) is 0 Å². The second kappa shape index (κ2) is 18.5. The quantitative estimate of drug-likeness (QED) is 0.445. The van der Waals surface area contributed by atoms with E-state index in [2.05, 4.69) is 28.2 Å². The van der Waals surface area contributed by atoms with E-state index in [1.807, 2.05) is 6.92 Å². The van der Waals surface area contributed by atoms with Gasteiger partial charge >= 0.3 is 5.97 Å². The van der Waals surface area contributed by atoms with E-state index in [0.717, 1.165) is 64.6 Å². The van der Waals surface area contributed by atoms with Crippen LogP contribution in [0.15, 0.2) is 0 Å². The van der Waals surface area contributed by atoms with Crippen molar-refractivity contribution in [2.75, 3.05) is 59.1 Å². The Bertz CT molecular complexity index is 482. The molecular weight excluding hydrogens is 432 g/mol. The summed E-state index contributed by atoms with van der Waals surface area (Å²) in [6.45, 7) is 12.9. The first-order chi connectivity index (χ1) is 16.7. The Hall–Kier alpha value is -0.770. The first-order valence-electron chi connectivity index (χ1n) is 14.0. The maximum atomic E-state index is 11.1. The van der Waals surface area contributed by atoms with E-state index >= 15 is 0 Å². The van der Waals surface area contributed by atoms with Crippen LogP contribution in [0.25, 0.3) is 0 Å². The molecule has 5 fully saturated rings. The number of rotatable bonds is 2. The van der Waals surface area contributed by atoms with Crippen LogP contribution in [-0.2, 0) is 19.0 Å². The number of hydrogen-bond donors (Lipinski definition) is 4. The average molecular weight is 485 g/mol. The molecule has 8 heteroatoms. The first-order valence-corrected chi connectivity index (χ1v) is 14.0. The molecule has 5 aliphatic rings. The summed E-state index contributed by atoms with van der Waals surface area (Å²) in [5.41, 5.74) is 0. The van der Waals surface area contributed by atoms with Crippen LogP contribution in [0.3, 0.4) is 0 Å². The van der Waals surface area contributed by atoms with Crippen LogP contribution in [0.1, 0.15) is 84.5 Å². The molecule has 5 saturated heterocycles. The van der Waals surface area contributed by atoms with E-state index in [1.165, 1.54) is 64.6 Å². The number of nitrogens with one attached hydrogen (secondary N) is 4. The highest BCUT2D eigenvalue weighted by molar-refractivity contribution is 5.75. The van der Waals surface area contributed by atoms with Gasteiger partial charge in [0.15, 0.2) is 5.79 Å². The summed E-state index contributed by atoms with van der Waals surface area (Å²) in [4.78, 5) is 11.1. The van der Waals surface area contributed by atoms with Crippen molar-refractivity contribution in [2.45, 2.75) is 102 Å². The van der Waals surface area contributed by atoms with Gasteiger partial charge in [0.25, 0.3) is 0 Å². The van der Waals surface area contributed by atoms with Crippen LogP contribution in [0, 0.1) is 0 Å². The van der Waals surface area contributed by atoms with E-state index in [0.29, 0.717) is 6.61 Å². The van der Waals surface area contributed by atoms with Crippen molar-refractivity contribution in [3.05, 3.63) is 0 Å². The van der Waals surface area contributed by atoms with Gasteiger partial charge in [-0.25, -0.2) is 0 Å². The summed E-state index contributed by atoms with van der Waals surface area (Å²) in [6.07, 6.45) is 13.6. The predicted molar refractivity (Wildman–Crippen MR) is 137 cm³/mol. The van der Waals surface area contributed by atoms with Crippen molar-refractivity contribution in [3.8, 4) is 0 Å². The summed E-state index contributed by atoms with van der Waals surface area (Å²) in [6, 6.07) is 0.748. The maximum Gasteiger partial charge on any atom is 0.323 e.